The number of halogens is 1. The molecular weight excluding hydrogens is 424 g/mol. The van der Waals surface area contributed by atoms with Crippen LogP contribution in [0.3, 0.4) is 0 Å². The number of rotatable bonds is 4. The summed E-state index contributed by atoms with van der Waals surface area (Å²) in [7, 11) is 0. The maximum atomic E-state index is 13.2. The topological polar surface area (TPSA) is 42.0 Å². The van der Waals surface area contributed by atoms with E-state index in [1.54, 1.807) is 0 Å². The summed E-state index contributed by atoms with van der Waals surface area (Å²) in [6.07, 6.45) is 0. The molecule has 29 heavy (non-hydrogen) atoms. The van der Waals surface area contributed by atoms with E-state index in [0.29, 0.717) is 5.56 Å². The molecule has 4 aromatic rings. The third-order valence-electron chi connectivity index (χ3n) is 5.01. The van der Waals surface area contributed by atoms with E-state index in [1.807, 2.05) is 73.7 Å². The third-order valence-corrected chi connectivity index (χ3v) is 5.50. The van der Waals surface area contributed by atoms with Gasteiger partial charge in [0.05, 0.1) is 22.8 Å². The zero-order chi connectivity index (χ0) is 20.4. The molecule has 3 nitrogen and oxygen atoms in total. The van der Waals surface area contributed by atoms with Crippen molar-refractivity contribution in [2.24, 2.45) is 0 Å². The molecule has 1 heterocycles. The molecule has 3 aromatic carbocycles. The Morgan fingerprint density at radius 3 is 2.41 bits per heavy atom. The predicted molar refractivity (Wildman–Crippen MR) is 122 cm³/mol. The highest BCUT2D eigenvalue weighted by Gasteiger charge is 2.17. The first-order valence-electron chi connectivity index (χ1n) is 9.54. The minimum Gasteiger partial charge on any atom is -0.345 e. The van der Waals surface area contributed by atoms with Gasteiger partial charge in [0.1, 0.15) is 0 Å². The zero-order valence-electron chi connectivity index (χ0n) is 16.3. The maximum absolute atomic E-state index is 13.2. The number of benzene rings is 3. The average molecular weight is 445 g/mol. The van der Waals surface area contributed by atoms with E-state index < -0.39 is 0 Å². The molecule has 0 radical (unpaired) electrons. The third kappa shape index (κ3) is 4.22. The van der Waals surface area contributed by atoms with Crippen molar-refractivity contribution in [3.05, 3.63) is 100 Å². The van der Waals surface area contributed by atoms with Gasteiger partial charge < -0.3 is 5.32 Å². The van der Waals surface area contributed by atoms with Gasteiger partial charge in [-0.3, -0.25) is 4.79 Å². The number of aromatic nitrogens is 1. The lowest BCUT2D eigenvalue weighted by Crippen LogP contribution is -2.27. The van der Waals surface area contributed by atoms with Crippen molar-refractivity contribution < 1.29 is 4.79 Å². The van der Waals surface area contributed by atoms with Gasteiger partial charge in [-0.1, -0.05) is 76.1 Å². The van der Waals surface area contributed by atoms with Crippen LogP contribution < -0.4 is 5.32 Å². The van der Waals surface area contributed by atoms with E-state index in [-0.39, 0.29) is 11.9 Å². The molecule has 144 valence electrons. The molecule has 1 aromatic heterocycles. The second-order valence-electron chi connectivity index (χ2n) is 7.19. The molecule has 0 saturated carbocycles. The number of carbonyl (C=O) groups is 1. The van der Waals surface area contributed by atoms with Crippen LogP contribution in [0.4, 0.5) is 0 Å². The lowest BCUT2D eigenvalue weighted by atomic mass is 10.0. The van der Waals surface area contributed by atoms with Crippen LogP contribution in [0, 0.1) is 6.92 Å². The quantitative estimate of drug-likeness (QED) is 0.392. The second-order valence-corrected chi connectivity index (χ2v) is 8.10. The van der Waals surface area contributed by atoms with Crippen molar-refractivity contribution in [2.45, 2.75) is 19.9 Å². The van der Waals surface area contributed by atoms with E-state index in [0.717, 1.165) is 32.2 Å². The Labute approximate surface area is 178 Å². The van der Waals surface area contributed by atoms with Gasteiger partial charge in [-0.2, -0.15) is 0 Å². The summed E-state index contributed by atoms with van der Waals surface area (Å²) < 4.78 is 0.917. The van der Waals surface area contributed by atoms with Crippen LogP contribution in [0.15, 0.2) is 83.3 Å². The molecule has 0 fully saturated rings. The minimum absolute atomic E-state index is 0.0955. The summed E-state index contributed by atoms with van der Waals surface area (Å²) in [6, 6.07) is 25.8. The van der Waals surface area contributed by atoms with Crippen LogP contribution in [-0.4, -0.2) is 10.9 Å². The van der Waals surface area contributed by atoms with Gasteiger partial charge in [0.2, 0.25) is 0 Å². The Bertz CT molecular complexity index is 1170. The normalized spacial score (nSPS) is 12.0. The number of hydrogen-bond acceptors (Lipinski definition) is 2. The molecule has 0 aliphatic rings. The fraction of sp³-hybridized carbons (Fsp3) is 0.120. The Hall–Kier alpha value is -2.98. The van der Waals surface area contributed by atoms with Crippen molar-refractivity contribution in [3.8, 4) is 11.3 Å². The highest BCUT2D eigenvalue weighted by atomic mass is 79.9. The van der Waals surface area contributed by atoms with Gasteiger partial charge in [-0.15, -0.1) is 0 Å². The molecule has 0 unspecified atom stereocenters. The van der Waals surface area contributed by atoms with Crippen molar-refractivity contribution in [2.75, 3.05) is 0 Å². The van der Waals surface area contributed by atoms with Crippen molar-refractivity contribution >= 4 is 32.7 Å². The number of carbonyl (C=O) groups excluding carboxylic acids is 1. The van der Waals surface area contributed by atoms with Gasteiger partial charge in [0.25, 0.3) is 5.91 Å². The van der Waals surface area contributed by atoms with E-state index in [9.17, 15) is 4.79 Å². The number of fused-ring (bicyclic) bond motifs is 1. The van der Waals surface area contributed by atoms with Gasteiger partial charge in [0.15, 0.2) is 0 Å². The molecule has 1 N–H and O–H groups in total. The molecule has 1 atom stereocenters. The number of nitrogens with one attached hydrogen (secondary N) is 1. The summed E-state index contributed by atoms with van der Waals surface area (Å²) in [5.74, 6) is -0.111. The maximum Gasteiger partial charge on any atom is 0.252 e. The van der Waals surface area contributed by atoms with Gasteiger partial charge >= 0.3 is 0 Å². The molecule has 0 saturated heterocycles. The van der Waals surface area contributed by atoms with E-state index in [1.165, 1.54) is 5.56 Å². The van der Waals surface area contributed by atoms with E-state index >= 15 is 0 Å². The molecule has 1 amide bonds. The number of pyridine rings is 1. The minimum atomic E-state index is -0.111. The number of hydrogen-bond donors (Lipinski definition) is 1. The van der Waals surface area contributed by atoms with Gasteiger partial charge in [-0.25, -0.2) is 4.98 Å². The smallest absolute Gasteiger partial charge is 0.252 e. The van der Waals surface area contributed by atoms with Crippen LogP contribution in [0.2, 0.25) is 0 Å². The standard InChI is InChI=1S/C25H21BrN2O/c1-16-8-10-19(11-9-16)24-15-22(21-14-20(26)12-13-23(21)28-24)25(29)27-17(2)18-6-4-3-5-7-18/h3-15,17H,1-2H3,(H,27,29)/t17-/m0/s1. The first-order valence-corrected chi connectivity index (χ1v) is 10.3. The summed E-state index contributed by atoms with van der Waals surface area (Å²) >= 11 is 3.52. The van der Waals surface area contributed by atoms with Crippen molar-refractivity contribution in [3.63, 3.8) is 0 Å². The Kier molecular flexibility index (Phi) is 5.45. The van der Waals surface area contributed by atoms with Crippen LogP contribution in [0.5, 0.6) is 0 Å². The fourth-order valence-corrected chi connectivity index (χ4v) is 3.72. The average Bonchev–Trinajstić information content (AvgIpc) is 2.74. The van der Waals surface area contributed by atoms with Gasteiger partial charge in [-0.05, 0) is 43.7 Å². The first-order chi connectivity index (χ1) is 14.0. The van der Waals surface area contributed by atoms with Crippen LogP contribution in [0.1, 0.15) is 34.5 Å². The molecule has 4 heteroatoms. The molecular formula is C25H21BrN2O. The van der Waals surface area contributed by atoms with E-state index in [2.05, 4.69) is 40.3 Å². The fourth-order valence-electron chi connectivity index (χ4n) is 3.36. The lowest BCUT2D eigenvalue weighted by Gasteiger charge is -2.16. The van der Waals surface area contributed by atoms with Crippen molar-refractivity contribution in [1.82, 2.24) is 10.3 Å². The summed E-state index contributed by atoms with van der Waals surface area (Å²) in [5.41, 5.74) is 5.45. The molecule has 4 rings (SSSR count). The van der Waals surface area contributed by atoms with E-state index in [4.69, 9.17) is 4.98 Å². The molecule has 0 spiro atoms. The largest absolute Gasteiger partial charge is 0.345 e. The highest BCUT2D eigenvalue weighted by Crippen LogP contribution is 2.28. The Morgan fingerprint density at radius 1 is 0.966 bits per heavy atom. The Balaban J connectivity index is 1.77. The second kappa shape index (κ2) is 8.18. The number of aryl methyl sites for hydroxylation is 1. The highest BCUT2D eigenvalue weighted by molar-refractivity contribution is 9.10. The summed E-state index contributed by atoms with van der Waals surface area (Å²) in [5, 5.41) is 3.96. The summed E-state index contributed by atoms with van der Waals surface area (Å²) in [4.78, 5) is 18.0. The van der Waals surface area contributed by atoms with Crippen LogP contribution in [-0.2, 0) is 0 Å². The number of amides is 1. The number of nitrogens with zero attached hydrogens (tertiary/aromatic N) is 1. The predicted octanol–water partition coefficient (Wildman–Crippen LogP) is 6.46. The molecule has 0 aliphatic heterocycles. The zero-order valence-corrected chi connectivity index (χ0v) is 17.9. The van der Waals surface area contributed by atoms with Crippen LogP contribution >= 0.6 is 15.9 Å². The monoisotopic (exact) mass is 444 g/mol. The Morgan fingerprint density at radius 2 is 1.69 bits per heavy atom. The molecule has 0 aliphatic carbocycles. The van der Waals surface area contributed by atoms with Crippen molar-refractivity contribution in [1.29, 1.82) is 0 Å². The first kappa shape index (κ1) is 19.3. The SMILES string of the molecule is Cc1ccc(-c2cc(C(=O)N[C@@H](C)c3ccccc3)c3cc(Br)ccc3n2)cc1. The summed E-state index contributed by atoms with van der Waals surface area (Å²) in [6.45, 7) is 4.05. The lowest BCUT2D eigenvalue weighted by molar-refractivity contribution is 0.0941. The van der Waals surface area contributed by atoms with Crippen LogP contribution in [0.25, 0.3) is 22.2 Å². The van der Waals surface area contributed by atoms with Gasteiger partial charge in [0, 0.05) is 15.4 Å². The molecule has 0 bridgehead atoms.